The predicted octanol–water partition coefficient (Wildman–Crippen LogP) is 1.99. The van der Waals surface area contributed by atoms with Crippen molar-refractivity contribution in [2.45, 2.75) is 53.0 Å². The largest absolute Gasteiger partial charge is 0.465 e. The Bertz CT molecular complexity index is 348. The summed E-state index contributed by atoms with van der Waals surface area (Å²) >= 11 is 0. The van der Waals surface area contributed by atoms with Crippen LogP contribution in [0.3, 0.4) is 0 Å². The van der Waals surface area contributed by atoms with Gasteiger partial charge in [0.25, 0.3) is 0 Å². The van der Waals surface area contributed by atoms with E-state index in [0.717, 1.165) is 12.8 Å². The van der Waals surface area contributed by atoms with E-state index in [-0.39, 0.29) is 11.6 Å². The van der Waals surface area contributed by atoms with E-state index in [1.54, 1.807) is 6.92 Å². The van der Waals surface area contributed by atoms with Crippen LogP contribution in [0.15, 0.2) is 4.99 Å². The summed E-state index contributed by atoms with van der Waals surface area (Å²) in [5.41, 5.74) is -0.384. The maximum absolute atomic E-state index is 11.7. The molecule has 0 aromatic heterocycles. The molecule has 0 atom stereocenters. The van der Waals surface area contributed by atoms with E-state index in [2.05, 4.69) is 20.9 Å². The van der Waals surface area contributed by atoms with Crippen LogP contribution in [0.1, 0.15) is 47.5 Å². The van der Waals surface area contributed by atoms with E-state index in [1.807, 2.05) is 27.7 Å². The molecule has 0 aliphatic heterocycles. The molecule has 0 unspecified atom stereocenters. The van der Waals surface area contributed by atoms with Crippen molar-refractivity contribution in [3.05, 3.63) is 0 Å². The summed E-state index contributed by atoms with van der Waals surface area (Å²) in [4.78, 5) is 26.9. The first-order chi connectivity index (χ1) is 9.28. The minimum Gasteiger partial charge on any atom is -0.465 e. The van der Waals surface area contributed by atoms with Crippen LogP contribution in [-0.4, -0.2) is 36.8 Å². The first-order valence-corrected chi connectivity index (χ1v) is 6.87. The molecule has 0 heterocycles. The zero-order chi connectivity index (χ0) is 15.6. The molecule has 116 valence electrons. The molecule has 20 heavy (non-hydrogen) atoms. The number of carbonyl (C=O) groups is 2. The van der Waals surface area contributed by atoms with E-state index in [1.165, 1.54) is 0 Å². The van der Waals surface area contributed by atoms with Gasteiger partial charge in [0.15, 0.2) is 0 Å². The van der Waals surface area contributed by atoms with Crippen LogP contribution in [0.4, 0.5) is 9.59 Å². The molecule has 0 aliphatic carbocycles. The number of amidine groups is 1. The molecule has 0 aliphatic rings. The Hall–Kier alpha value is -1.79. The average Bonchev–Trinajstić information content (AvgIpc) is 2.26. The monoisotopic (exact) mass is 286 g/mol. The lowest BCUT2D eigenvalue weighted by Gasteiger charge is -2.20. The Morgan fingerprint density at radius 2 is 1.85 bits per heavy atom. The predicted molar refractivity (Wildman–Crippen MR) is 78.8 cm³/mol. The molecule has 0 rings (SSSR count). The van der Waals surface area contributed by atoms with E-state index in [9.17, 15) is 9.59 Å². The molecule has 0 aromatic carbocycles. The van der Waals surface area contributed by atoms with Gasteiger partial charge >= 0.3 is 18.1 Å². The number of hydrogen-bond donors (Lipinski definition) is 3. The zero-order valence-corrected chi connectivity index (χ0v) is 13.0. The minimum absolute atomic E-state index is 0.108. The van der Waals surface area contributed by atoms with E-state index < -0.39 is 12.1 Å². The Kier molecular flexibility index (Phi) is 8.35. The Morgan fingerprint density at radius 3 is 2.35 bits per heavy atom. The van der Waals surface area contributed by atoms with Gasteiger partial charge in [-0.25, -0.2) is 9.59 Å². The number of ether oxygens (including phenoxy) is 1. The van der Waals surface area contributed by atoms with Gasteiger partial charge in [-0.2, -0.15) is 0 Å². The van der Waals surface area contributed by atoms with Crippen LogP contribution >= 0.6 is 0 Å². The maximum atomic E-state index is 11.7. The maximum Gasteiger partial charge on any atom is 0.345 e. The van der Waals surface area contributed by atoms with Crippen molar-refractivity contribution in [3.8, 4) is 0 Å². The van der Waals surface area contributed by atoms with E-state index >= 15 is 0 Å². The third-order valence-electron chi connectivity index (χ3n) is 2.00. The SMILES string of the molecule is CCCCNC(=O)N=C(NC(=O)NC(C)(C)C)OCC. The quantitative estimate of drug-likeness (QED) is 0.419. The molecular formula is C13H26N4O3. The van der Waals surface area contributed by atoms with Crippen LogP contribution < -0.4 is 16.0 Å². The van der Waals surface area contributed by atoms with Gasteiger partial charge in [0.2, 0.25) is 0 Å². The fourth-order valence-electron chi connectivity index (χ4n) is 1.21. The summed E-state index contributed by atoms with van der Waals surface area (Å²) < 4.78 is 5.12. The fraction of sp³-hybridized carbons (Fsp3) is 0.769. The molecule has 0 saturated heterocycles. The molecule has 7 nitrogen and oxygen atoms in total. The number of amides is 4. The minimum atomic E-state index is -0.530. The van der Waals surface area contributed by atoms with Crippen LogP contribution in [0.5, 0.6) is 0 Å². The average molecular weight is 286 g/mol. The van der Waals surface area contributed by atoms with Gasteiger partial charge in [-0.3, -0.25) is 5.32 Å². The van der Waals surface area contributed by atoms with Crippen LogP contribution in [-0.2, 0) is 4.74 Å². The second kappa shape index (κ2) is 9.17. The van der Waals surface area contributed by atoms with Gasteiger partial charge in [0.05, 0.1) is 6.61 Å². The Balaban J connectivity index is 4.47. The van der Waals surface area contributed by atoms with Gasteiger partial charge in [0, 0.05) is 12.1 Å². The summed E-state index contributed by atoms with van der Waals surface area (Å²) in [6, 6.07) is -1.10. The summed E-state index contributed by atoms with van der Waals surface area (Å²) in [5.74, 6) is 0. The van der Waals surface area contributed by atoms with Crippen LogP contribution in [0.25, 0.3) is 0 Å². The lowest BCUT2D eigenvalue weighted by molar-refractivity contribution is 0.231. The number of aliphatic imine (C=N–C) groups is 1. The number of carbonyl (C=O) groups excluding carboxylic acids is 2. The van der Waals surface area contributed by atoms with Gasteiger partial charge in [0.1, 0.15) is 0 Å². The second-order valence-electron chi connectivity index (χ2n) is 5.26. The summed E-state index contributed by atoms with van der Waals surface area (Å²) in [6.45, 7) is 10.2. The third kappa shape index (κ3) is 10.2. The molecular weight excluding hydrogens is 260 g/mol. The van der Waals surface area contributed by atoms with Gasteiger partial charge in [-0.1, -0.05) is 13.3 Å². The molecule has 4 amide bonds. The fourth-order valence-corrected chi connectivity index (χ4v) is 1.21. The molecule has 0 spiro atoms. The van der Waals surface area contributed by atoms with Crippen LogP contribution in [0.2, 0.25) is 0 Å². The van der Waals surface area contributed by atoms with Crippen molar-refractivity contribution >= 4 is 18.1 Å². The topological polar surface area (TPSA) is 91.8 Å². The van der Waals surface area contributed by atoms with Crippen molar-refractivity contribution in [1.82, 2.24) is 16.0 Å². The van der Waals surface area contributed by atoms with Gasteiger partial charge < -0.3 is 15.4 Å². The van der Waals surface area contributed by atoms with Crippen LogP contribution in [0, 0.1) is 0 Å². The third-order valence-corrected chi connectivity index (χ3v) is 2.00. The summed E-state index contributed by atoms with van der Waals surface area (Å²) in [6.07, 6.45) is 1.86. The molecule has 7 heteroatoms. The van der Waals surface area contributed by atoms with E-state index in [0.29, 0.717) is 13.2 Å². The molecule has 0 fully saturated rings. The molecule has 0 radical (unpaired) electrons. The van der Waals surface area contributed by atoms with Crippen molar-refractivity contribution in [2.75, 3.05) is 13.2 Å². The highest BCUT2D eigenvalue weighted by Crippen LogP contribution is 1.97. The highest BCUT2D eigenvalue weighted by molar-refractivity contribution is 5.98. The Labute approximate surface area is 120 Å². The van der Waals surface area contributed by atoms with Crippen molar-refractivity contribution in [1.29, 1.82) is 0 Å². The first-order valence-electron chi connectivity index (χ1n) is 6.87. The number of hydrogen-bond acceptors (Lipinski definition) is 3. The van der Waals surface area contributed by atoms with Crippen molar-refractivity contribution < 1.29 is 14.3 Å². The smallest absolute Gasteiger partial charge is 0.345 e. The molecule has 3 N–H and O–H groups in total. The second-order valence-corrected chi connectivity index (χ2v) is 5.26. The normalized spacial score (nSPS) is 11.8. The van der Waals surface area contributed by atoms with E-state index in [4.69, 9.17) is 4.74 Å². The number of urea groups is 2. The molecule has 0 bridgehead atoms. The molecule has 0 aromatic rings. The summed E-state index contributed by atoms with van der Waals surface area (Å²) in [7, 11) is 0. The first kappa shape index (κ1) is 18.2. The number of unbranched alkanes of at least 4 members (excludes halogenated alkanes) is 1. The lowest BCUT2D eigenvalue weighted by Crippen LogP contribution is -2.49. The summed E-state index contributed by atoms with van der Waals surface area (Å²) in [5, 5.41) is 7.72. The number of nitrogens with one attached hydrogen (secondary N) is 3. The lowest BCUT2D eigenvalue weighted by atomic mass is 10.1. The van der Waals surface area contributed by atoms with Gasteiger partial charge in [-0.05, 0) is 34.1 Å². The van der Waals surface area contributed by atoms with Gasteiger partial charge in [-0.15, -0.1) is 4.99 Å². The highest BCUT2D eigenvalue weighted by Gasteiger charge is 2.16. The zero-order valence-electron chi connectivity index (χ0n) is 13.0. The standard InChI is InChI=1S/C13H26N4O3/c1-6-8-9-14-10(18)15-12(20-7-2)16-11(19)17-13(3,4)5/h6-9H2,1-5H3,(H3,14,15,16,17,18,19). The van der Waals surface area contributed by atoms with Crippen molar-refractivity contribution in [3.63, 3.8) is 0 Å². The Morgan fingerprint density at radius 1 is 1.20 bits per heavy atom. The van der Waals surface area contributed by atoms with Crippen molar-refractivity contribution in [2.24, 2.45) is 4.99 Å². The number of nitrogens with zero attached hydrogens (tertiary/aromatic N) is 1. The molecule has 0 saturated carbocycles. The highest BCUT2D eigenvalue weighted by atomic mass is 16.5. The number of rotatable bonds is 4.